The van der Waals surface area contributed by atoms with Crippen LogP contribution < -0.4 is 15.2 Å². The lowest BCUT2D eigenvalue weighted by atomic mass is 10.1. The Kier molecular flexibility index (Phi) is 5.13. The van der Waals surface area contributed by atoms with E-state index in [1.54, 1.807) is 6.07 Å². The number of nitrogen functional groups attached to an aromatic ring is 1. The maximum atomic E-state index is 12.7. The number of fused-ring (bicyclic) bond motifs is 1. The van der Waals surface area contributed by atoms with E-state index < -0.39 is 5.97 Å². The van der Waals surface area contributed by atoms with Crippen molar-refractivity contribution in [2.24, 2.45) is 0 Å². The Labute approximate surface area is 177 Å². The molecule has 0 spiro atoms. The molecule has 0 saturated heterocycles. The van der Waals surface area contributed by atoms with Crippen molar-refractivity contribution >= 4 is 29.0 Å². The molecule has 3 aromatic rings. The Hall–Kier alpha value is -3.45. The number of esters is 1. The Morgan fingerprint density at radius 1 is 1.10 bits per heavy atom. The molecule has 0 saturated carbocycles. The van der Waals surface area contributed by atoms with Crippen LogP contribution in [-0.2, 0) is 4.74 Å². The molecule has 2 N–H and O–H groups in total. The van der Waals surface area contributed by atoms with Crippen LogP contribution in [-0.4, -0.2) is 29.7 Å². The summed E-state index contributed by atoms with van der Waals surface area (Å²) in [5.41, 5.74) is 9.14. The van der Waals surface area contributed by atoms with E-state index in [9.17, 15) is 9.59 Å². The highest BCUT2D eigenvalue weighted by Gasteiger charge is 2.21. The maximum absolute atomic E-state index is 12.7. The highest BCUT2D eigenvalue weighted by atomic mass is 35.5. The van der Waals surface area contributed by atoms with Crippen molar-refractivity contribution in [1.82, 2.24) is 4.57 Å². The second-order valence-corrected chi connectivity index (χ2v) is 7.30. The molecule has 0 aliphatic carbocycles. The normalized spacial score (nSPS) is 12.1. The number of hydrogen-bond acceptors (Lipinski definition) is 6. The topological polar surface area (TPSA) is 92.8 Å². The van der Waals surface area contributed by atoms with Gasteiger partial charge in [0.25, 0.3) is 0 Å². The van der Waals surface area contributed by atoms with Crippen LogP contribution in [0.5, 0.6) is 11.5 Å². The van der Waals surface area contributed by atoms with Crippen molar-refractivity contribution in [3.8, 4) is 17.2 Å². The second kappa shape index (κ2) is 7.76. The van der Waals surface area contributed by atoms with Gasteiger partial charge in [0.1, 0.15) is 0 Å². The van der Waals surface area contributed by atoms with Gasteiger partial charge in [0.05, 0.1) is 16.3 Å². The first-order valence-electron chi connectivity index (χ1n) is 9.19. The number of nitrogens with zero attached hydrogens (tertiary/aromatic N) is 1. The van der Waals surface area contributed by atoms with Crippen molar-refractivity contribution in [2.75, 3.05) is 19.1 Å². The molecule has 1 aliphatic rings. The lowest BCUT2D eigenvalue weighted by Crippen LogP contribution is -2.15. The Morgan fingerprint density at radius 3 is 2.63 bits per heavy atom. The first-order valence-corrected chi connectivity index (χ1v) is 9.57. The molecule has 0 amide bonds. The molecule has 0 radical (unpaired) electrons. The van der Waals surface area contributed by atoms with Gasteiger partial charge in [-0.1, -0.05) is 11.6 Å². The van der Waals surface area contributed by atoms with E-state index >= 15 is 0 Å². The number of carbonyl (C=O) groups excluding carboxylic acids is 2. The number of rotatable bonds is 5. The predicted molar refractivity (Wildman–Crippen MR) is 112 cm³/mol. The van der Waals surface area contributed by atoms with E-state index in [0.29, 0.717) is 22.1 Å². The lowest BCUT2D eigenvalue weighted by Gasteiger charge is -2.11. The van der Waals surface area contributed by atoms with Crippen molar-refractivity contribution in [2.45, 2.75) is 13.8 Å². The fourth-order valence-electron chi connectivity index (χ4n) is 3.43. The SMILES string of the molecule is Cc1cc(C(=O)COC(=O)c2ccc(Cl)c(N)c2)c(C)n1-c1ccc2c(c1)OCO2. The number of nitrogens with two attached hydrogens (primary N) is 1. The number of carbonyl (C=O) groups is 2. The summed E-state index contributed by atoms with van der Waals surface area (Å²) in [4.78, 5) is 25.0. The Morgan fingerprint density at radius 2 is 1.87 bits per heavy atom. The molecule has 1 aliphatic heterocycles. The van der Waals surface area contributed by atoms with Gasteiger partial charge in [0.15, 0.2) is 18.1 Å². The smallest absolute Gasteiger partial charge is 0.338 e. The van der Waals surface area contributed by atoms with Crippen LogP contribution in [0.1, 0.15) is 32.1 Å². The van der Waals surface area contributed by atoms with Gasteiger partial charge in [-0.05, 0) is 50.2 Å². The molecule has 2 heterocycles. The molecule has 0 bridgehead atoms. The van der Waals surface area contributed by atoms with E-state index in [1.165, 1.54) is 18.2 Å². The zero-order valence-corrected chi connectivity index (χ0v) is 17.2. The van der Waals surface area contributed by atoms with Crippen molar-refractivity contribution in [1.29, 1.82) is 0 Å². The molecular formula is C22H19ClN2O5. The Balaban J connectivity index is 1.52. The van der Waals surface area contributed by atoms with Crippen LogP contribution in [0.2, 0.25) is 5.02 Å². The van der Waals surface area contributed by atoms with Gasteiger partial charge in [-0.3, -0.25) is 4.79 Å². The quantitative estimate of drug-likeness (QED) is 0.375. The van der Waals surface area contributed by atoms with Crippen LogP contribution in [0, 0.1) is 13.8 Å². The lowest BCUT2D eigenvalue weighted by molar-refractivity contribution is 0.0474. The summed E-state index contributed by atoms with van der Waals surface area (Å²) in [6, 6.07) is 11.8. The maximum Gasteiger partial charge on any atom is 0.338 e. The van der Waals surface area contributed by atoms with E-state index in [-0.39, 0.29) is 30.4 Å². The third-order valence-corrected chi connectivity index (χ3v) is 5.26. The molecule has 7 nitrogen and oxygen atoms in total. The minimum absolute atomic E-state index is 0.191. The number of hydrogen-bond donors (Lipinski definition) is 1. The first-order chi connectivity index (χ1) is 14.3. The summed E-state index contributed by atoms with van der Waals surface area (Å²) in [5, 5.41) is 0.346. The zero-order valence-electron chi connectivity index (χ0n) is 16.4. The number of benzene rings is 2. The third-order valence-electron chi connectivity index (χ3n) is 4.91. The van der Waals surface area contributed by atoms with Gasteiger partial charge < -0.3 is 24.5 Å². The monoisotopic (exact) mass is 426 g/mol. The number of ether oxygens (including phenoxy) is 3. The standard InChI is InChI=1S/C22H19ClN2O5/c1-12-7-16(13(2)25(12)15-4-6-20-21(9-15)30-11-29-20)19(26)10-28-22(27)14-3-5-17(23)18(24)8-14/h3-9H,10-11,24H2,1-2H3. The summed E-state index contributed by atoms with van der Waals surface area (Å²) in [6.07, 6.45) is 0. The van der Waals surface area contributed by atoms with Crippen LogP contribution >= 0.6 is 11.6 Å². The van der Waals surface area contributed by atoms with Crippen molar-refractivity contribution in [3.63, 3.8) is 0 Å². The number of halogens is 1. The average Bonchev–Trinajstić information content (AvgIpc) is 3.31. The molecule has 30 heavy (non-hydrogen) atoms. The highest BCUT2D eigenvalue weighted by molar-refractivity contribution is 6.33. The largest absolute Gasteiger partial charge is 0.454 e. The molecule has 0 fully saturated rings. The van der Waals surface area contributed by atoms with E-state index in [4.69, 9.17) is 31.5 Å². The van der Waals surface area contributed by atoms with Gasteiger partial charge in [0.2, 0.25) is 12.6 Å². The molecule has 1 aromatic heterocycles. The number of Topliss-reactive ketones (excluding diaryl/α,β-unsaturated/α-hetero) is 1. The van der Waals surface area contributed by atoms with Crippen molar-refractivity contribution in [3.05, 3.63) is 70.0 Å². The highest BCUT2D eigenvalue weighted by Crippen LogP contribution is 2.35. The second-order valence-electron chi connectivity index (χ2n) is 6.89. The number of anilines is 1. The minimum Gasteiger partial charge on any atom is -0.454 e. The van der Waals surface area contributed by atoms with Gasteiger partial charge in [-0.25, -0.2) is 4.79 Å². The van der Waals surface area contributed by atoms with Gasteiger partial charge in [0, 0.05) is 28.7 Å². The van der Waals surface area contributed by atoms with Crippen LogP contribution in [0.25, 0.3) is 5.69 Å². The van der Waals surface area contributed by atoms with Crippen LogP contribution in [0.3, 0.4) is 0 Å². The van der Waals surface area contributed by atoms with Gasteiger partial charge in [-0.2, -0.15) is 0 Å². The number of aryl methyl sites for hydroxylation is 1. The Bertz CT molecular complexity index is 1170. The molecule has 4 rings (SSSR count). The summed E-state index contributed by atoms with van der Waals surface area (Å²) >= 11 is 5.86. The van der Waals surface area contributed by atoms with Crippen LogP contribution in [0.4, 0.5) is 5.69 Å². The van der Waals surface area contributed by atoms with Crippen LogP contribution in [0.15, 0.2) is 42.5 Å². The molecule has 0 atom stereocenters. The molecule has 0 unspecified atom stereocenters. The molecular weight excluding hydrogens is 408 g/mol. The summed E-state index contributed by atoms with van der Waals surface area (Å²) in [6.45, 7) is 3.55. The predicted octanol–water partition coefficient (Wildman–Crippen LogP) is 4.10. The number of aromatic nitrogens is 1. The van der Waals surface area contributed by atoms with Crippen molar-refractivity contribution < 1.29 is 23.8 Å². The molecule has 2 aromatic carbocycles. The number of ketones is 1. The van der Waals surface area contributed by atoms with E-state index in [1.807, 2.05) is 36.6 Å². The fraction of sp³-hybridized carbons (Fsp3) is 0.182. The van der Waals surface area contributed by atoms with E-state index in [0.717, 1.165) is 17.1 Å². The first kappa shape index (κ1) is 19.8. The fourth-order valence-corrected chi connectivity index (χ4v) is 3.55. The van der Waals surface area contributed by atoms with Gasteiger partial charge in [-0.15, -0.1) is 0 Å². The van der Waals surface area contributed by atoms with Gasteiger partial charge >= 0.3 is 5.97 Å². The molecule has 8 heteroatoms. The molecule has 154 valence electrons. The third kappa shape index (κ3) is 3.59. The summed E-state index contributed by atoms with van der Waals surface area (Å²) < 4.78 is 17.9. The summed E-state index contributed by atoms with van der Waals surface area (Å²) in [5.74, 6) is 0.401. The average molecular weight is 427 g/mol. The zero-order chi connectivity index (χ0) is 21.4. The summed E-state index contributed by atoms with van der Waals surface area (Å²) in [7, 11) is 0. The van der Waals surface area contributed by atoms with E-state index in [2.05, 4.69) is 0 Å². The minimum atomic E-state index is -0.642.